The molecule has 5 heteroatoms. The Morgan fingerprint density at radius 3 is 2.75 bits per heavy atom. The Kier molecular flexibility index (Phi) is 1.84. The molecule has 0 fully saturated rings. The minimum atomic E-state index is -1.47. The molecule has 0 unspecified atom stereocenters. The predicted octanol–water partition coefficient (Wildman–Crippen LogP) is -0.0239. The van der Waals surface area contributed by atoms with Gasteiger partial charge in [-0.05, 0) is 17.6 Å². The van der Waals surface area contributed by atoms with Crippen molar-refractivity contribution in [1.29, 1.82) is 0 Å². The number of rotatable bonds is 1. The van der Waals surface area contributed by atoms with Crippen LogP contribution in [0.15, 0.2) is 24.3 Å². The highest BCUT2D eigenvalue weighted by molar-refractivity contribution is 7.14. The van der Waals surface area contributed by atoms with E-state index in [1.807, 2.05) is 24.3 Å². The lowest BCUT2D eigenvalue weighted by Crippen LogP contribution is -2.31. The Bertz CT molecular complexity index is 401. The molecule has 0 saturated heterocycles. The van der Waals surface area contributed by atoms with Crippen molar-refractivity contribution < 1.29 is 10.0 Å². The van der Waals surface area contributed by atoms with Crippen LogP contribution in [0.4, 0.5) is 0 Å². The Labute approximate surface area is 73.6 Å². The van der Waals surface area contributed by atoms with E-state index in [1.54, 1.807) is 0 Å². The van der Waals surface area contributed by atoms with Crippen molar-refractivity contribution in [3.63, 3.8) is 0 Å². The molecule has 0 bridgehead atoms. The Morgan fingerprint density at radius 1 is 1.25 bits per heavy atom. The zero-order chi connectivity index (χ0) is 8.55. The van der Waals surface area contributed by atoms with E-state index in [9.17, 15) is 0 Å². The first-order valence-electron chi connectivity index (χ1n) is 3.49. The standard InChI is InChI=1S/C7H6BNO2S/c10-8(11)7-5-3-1-2-4-6(5)12-9-7/h1-4,10-11H. The molecule has 0 aliphatic heterocycles. The van der Waals surface area contributed by atoms with Gasteiger partial charge in [0.1, 0.15) is 0 Å². The van der Waals surface area contributed by atoms with Crippen molar-refractivity contribution in [1.82, 2.24) is 4.37 Å². The van der Waals surface area contributed by atoms with E-state index < -0.39 is 7.12 Å². The molecule has 1 aromatic heterocycles. The SMILES string of the molecule is OB(O)c1nsc2ccccc12. The molecule has 2 N–H and O–H groups in total. The fraction of sp³-hybridized carbons (Fsp3) is 0. The first-order valence-corrected chi connectivity index (χ1v) is 4.27. The van der Waals surface area contributed by atoms with Gasteiger partial charge in [-0.2, -0.15) is 0 Å². The molecule has 1 aromatic carbocycles. The van der Waals surface area contributed by atoms with Crippen LogP contribution in [0, 0.1) is 0 Å². The van der Waals surface area contributed by atoms with Gasteiger partial charge in [-0.1, -0.05) is 18.2 Å². The molecule has 0 aliphatic rings. The van der Waals surface area contributed by atoms with Crippen molar-refractivity contribution in [2.75, 3.05) is 0 Å². The number of fused-ring (bicyclic) bond motifs is 1. The van der Waals surface area contributed by atoms with Gasteiger partial charge in [0, 0.05) is 5.39 Å². The summed E-state index contributed by atoms with van der Waals surface area (Å²) in [7, 11) is -1.47. The highest BCUT2D eigenvalue weighted by Crippen LogP contribution is 2.14. The molecular formula is C7H6BNO2S. The van der Waals surface area contributed by atoms with Crippen molar-refractivity contribution in [2.24, 2.45) is 0 Å². The summed E-state index contributed by atoms with van der Waals surface area (Å²) in [6.07, 6.45) is 0. The van der Waals surface area contributed by atoms with Gasteiger partial charge in [0.05, 0.1) is 10.3 Å². The van der Waals surface area contributed by atoms with Crippen LogP contribution in [0.1, 0.15) is 0 Å². The second kappa shape index (κ2) is 2.86. The monoisotopic (exact) mass is 179 g/mol. The first kappa shape index (κ1) is 7.73. The smallest absolute Gasteiger partial charge is 0.422 e. The average Bonchev–Trinajstić information content (AvgIpc) is 2.47. The lowest BCUT2D eigenvalue weighted by atomic mass is 9.84. The normalized spacial score (nSPS) is 10.5. The molecule has 12 heavy (non-hydrogen) atoms. The van der Waals surface area contributed by atoms with Gasteiger partial charge >= 0.3 is 7.12 Å². The second-order valence-electron chi connectivity index (χ2n) is 2.44. The summed E-state index contributed by atoms with van der Waals surface area (Å²) in [5, 5.41) is 18.6. The highest BCUT2D eigenvalue weighted by atomic mass is 32.1. The van der Waals surface area contributed by atoms with E-state index in [4.69, 9.17) is 10.0 Å². The van der Waals surface area contributed by atoms with E-state index in [2.05, 4.69) is 4.37 Å². The summed E-state index contributed by atoms with van der Waals surface area (Å²) >= 11 is 1.27. The topological polar surface area (TPSA) is 53.4 Å². The summed E-state index contributed by atoms with van der Waals surface area (Å²) in [5.41, 5.74) is 0.343. The molecule has 0 radical (unpaired) electrons. The van der Waals surface area contributed by atoms with Gasteiger partial charge in [0.2, 0.25) is 0 Å². The van der Waals surface area contributed by atoms with Crippen molar-refractivity contribution in [2.45, 2.75) is 0 Å². The summed E-state index contributed by atoms with van der Waals surface area (Å²) in [5.74, 6) is 0. The molecular weight excluding hydrogens is 173 g/mol. The largest absolute Gasteiger partial charge is 0.509 e. The summed E-state index contributed by atoms with van der Waals surface area (Å²) in [6.45, 7) is 0. The van der Waals surface area contributed by atoms with Crippen LogP contribution in [0.5, 0.6) is 0 Å². The lowest BCUT2D eigenvalue weighted by Gasteiger charge is -1.92. The molecule has 0 aliphatic carbocycles. The van der Waals surface area contributed by atoms with E-state index in [-0.39, 0.29) is 0 Å². The third kappa shape index (κ3) is 1.12. The molecule has 0 atom stereocenters. The van der Waals surface area contributed by atoms with Crippen molar-refractivity contribution >= 4 is 34.3 Å². The summed E-state index contributed by atoms with van der Waals surface area (Å²) in [6, 6.07) is 7.48. The van der Waals surface area contributed by atoms with E-state index >= 15 is 0 Å². The lowest BCUT2D eigenvalue weighted by molar-refractivity contribution is 0.425. The van der Waals surface area contributed by atoms with E-state index in [0.29, 0.717) is 5.59 Å². The number of benzene rings is 1. The van der Waals surface area contributed by atoms with Crippen LogP contribution in [-0.2, 0) is 0 Å². The fourth-order valence-corrected chi connectivity index (χ4v) is 1.89. The van der Waals surface area contributed by atoms with E-state index in [1.165, 1.54) is 11.5 Å². The predicted molar refractivity (Wildman–Crippen MR) is 49.4 cm³/mol. The molecule has 2 rings (SSSR count). The third-order valence-corrected chi connectivity index (χ3v) is 2.49. The quantitative estimate of drug-likeness (QED) is 0.604. The zero-order valence-electron chi connectivity index (χ0n) is 6.14. The molecule has 0 amide bonds. The summed E-state index contributed by atoms with van der Waals surface area (Å²) in [4.78, 5) is 0. The molecule has 60 valence electrons. The first-order chi connectivity index (χ1) is 5.79. The van der Waals surface area contributed by atoms with Gasteiger partial charge < -0.3 is 10.0 Å². The van der Waals surface area contributed by atoms with Gasteiger partial charge in [-0.15, -0.1) is 0 Å². The van der Waals surface area contributed by atoms with E-state index in [0.717, 1.165) is 10.1 Å². The van der Waals surface area contributed by atoms with Gasteiger partial charge in [0.25, 0.3) is 0 Å². The van der Waals surface area contributed by atoms with Crippen LogP contribution in [-0.4, -0.2) is 21.5 Å². The van der Waals surface area contributed by atoms with Crippen LogP contribution >= 0.6 is 11.5 Å². The number of hydrogen-bond donors (Lipinski definition) is 2. The maximum absolute atomic E-state index is 8.91. The molecule has 1 heterocycles. The maximum atomic E-state index is 8.91. The Balaban J connectivity index is 2.70. The van der Waals surface area contributed by atoms with Crippen LogP contribution in [0.3, 0.4) is 0 Å². The third-order valence-electron chi connectivity index (χ3n) is 1.65. The summed E-state index contributed by atoms with van der Waals surface area (Å²) < 4.78 is 4.91. The molecule has 2 aromatic rings. The second-order valence-corrected chi connectivity index (χ2v) is 3.24. The molecule has 0 spiro atoms. The van der Waals surface area contributed by atoms with Crippen LogP contribution < -0.4 is 5.59 Å². The van der Waals surface area contributed by atoms with Crippen molar-refractivity contribution in [3.8, 4) is 0 Å². The fourth-order valence-electron chi connectivity index (χ4n) is 1.09. The van der Waals surface area contributed by atoms with Crippen LogP contribution in [0.2, 0.25) is 0 Å². The number of aromatic nitrogens is 1. The molecule has 0 saturated carbocycles. The number of hydrogen-bond acceptors (Lipinski definition) is 4. The van der Waals surface area contributed by atoms with Gasteiger partial charge in [-0.3, -0.25) is 0 Å². The van der Waals surface area contributed by atoms with Crippen LogP contribution in [0.25, 0.3) is 10.1 Å². The maximum Gasteiger partial charge on any atom is 0.509 e. The Morgan fingerprint density at radius 2 is 2.00 bits per heavy atom. The molecule has 3 nitrogen and oxygen atoms in total. The zero-order valence-corrected chi connectivity index (χ0v) is 6.95. The minimum absolute atomic E-state index is 0.343. The van der Waals surface area contributed by atoms with Gasteiger partial charge in [0.15, 0.2) is 0 Å². The number of nitrogens with zero attached hydrogens (tertiary/aromatic N) is 1. The van der Waals surface area contributed by atoms with Gasteiger partial charge in [-0.25, -0.2) is 4.37 Å². The Hall–Kier alpha value is -0.905. The average molecular weight is 179 g/mol. The minimum Gasteiger partial charge on any atom is -0.422 e. The highest BCUT2D eigenvalue weighted by Gasteiger charge is 2.17. The van der Waals surface area contributed by atoms with Crippen molar-refractivity contribution in [3.05, 3.63) is 24.3 Å².